The summed E-state index contributed by atoms with van der Waals surface area (Å²) in [5.41, 5.74) is 10.1. The lowest BCUT2D eigenvalue weighted by Crippen LogP contribution is -2.16. The maximum absolute atomic E-state index is 6.27. The van der Waals surface area contributed by atoms with Crippen LogP contribution in [-0.2, 0) is 0 Å². The highest BCUT2D eigenvalue weighted by Crippen LogP contribution is 2.28. The molecule has 0 amide bonds. The fourth-order valence-electron chi connectivity index (χ4n) is 2.18. The van der Waals surface area contributed by atoms with Crippen molar-refractivity contribution in [3.8, 4) is 0 Å². The number of nitrogens with two attached hydrogens (primary N) is 1. The Morgan fingerprint density at radius 2 is 2.27 bits per heavy atom. The number of hydrogen-bond acceptors (Lipinski definition) is 2. The molecule has 2 N–H and O–H groups in total. The number of allylic oxidation sites excluding steroid dienone is 1. The topological polar surface area (TPSA) is 38.9 Å². The van der Waals surface area contributed by atoms with E-state index in [-0.39, 0.29) is 6.04 Å². The van der Waals surface area contributed by atoms with Crippen molar-refractivity contribution in [2.24, 2.45) is 5.73 Å². The summed E-state index contributed by atoms with van der Waals surface area (Å²) in [7, 11) is 0. The molecule has 0 bridgehead atoms. The summed E-state index contributed by atoms with van der Waals surface area (Å²) in [5, 5.41) is 0. The molecule has 2 nitrogen and oxygen atoms in total. The monoisotopic (exact) mass is 202 g/mol. The summed E-state index contributed by atoms with van der Waals surface area (Å²) < 4.78 is 0. The molecule has 0 aromatic carbocycles. The summed E-state index contributed by atoms with van der Waals surface area (Å²) in [5.74, 6) is 0. The Morgan fingerprint density at radius 1 is 1.40 bits per heavy atom. The van der Waals surface area contributed by atoms with Gasteiger partial charge in [0.05, 0.1) is 6.04 Å². The van der Waals surface area contributed by atoms with E-state index >= 15 is 0 Å². The van der Waals surface area contributed by atoms with Gasteiger partial charge in [-0.3, -0.25) is 4.98 Å². The summed E-state index contributed by atoms with van der Waals surface area (Å²) in [6.07, 6.45) is 11.0. The third kappa shape index (κ3) is 2.26. The van der Waals surface area contributed by atoms with Crippen LogP contribution in [0.4, 0.5) is 0 Å². The van der Waals surface area contributed by atoms with Crippen molar-refractivity contribution in [1.29, 1.82) is 0 Å². The molecule has 0 saturated heterocycles. The Labute approximate surface area is 91.2 Å². The maximum atomic E-state index is 6.27. The van der Waals surface area contributed by atoms with Crippen LogP contribution in [0, 0.1) is 6.92 Å². The van der Waals surface area contributed by atoms with Crippen LogP contribution in [-0.4, -0.2) is 4.98 Å². The highest BCUT2D eigenvalue weighted by Gasteiger charge is 2.15. The van der Waals surface area contributed by atoms with E-state index in [0.717, 1.165) is 6.42 Å². The average Bonchev–Trinajstić information content (AvgIpc) is 2.30. The number of hydrogen-bond donors (Lipinski definition) is 1. The molecule has 1 atom stereocenters. The predicted molar refractivity (Wildman–Crippen MR) is 62.5 cm³/mol. The highest BCUT2D eigenvalue weighted by molar-refractivity contribution is 5.32. The van der Waals surface area contributed by atoms with Gasteiger partial charge >= 0.3 is 0 Å². The summed E-state index contributed by atoms with van der Waals surface area (Å²) in [6, 6.07) is 2.11. The number of aryl methyl sites for hydroxylation is 1. The molecule has 80 valence electrons. The van der Waals surface area contributed by atoms with Gasteiger partial charge in [0.2, 0.25) is 0 Å². The van der Waals surface area contributed by atoms with Gasteiger partial charge in [0.15, 0.2) is 0 Å². The molecule has 2 rings (SSSR count). The van der Waals surface area contributed by atoms with Crippen LogP contribution in [0.1, 0.15) is 42.9 Å². The molecule has 0 radical (unpaired) electrons. The molecule has 0 spiro atoms. The van der Waals surface area contributed by atoms with E-state index in [1.807, 2.05) is 18.5 Å². The van der Waals surface area contributed by atoms with E-state index in [4.69, 9.17) is 5.73 Å². The number of nitrogens with zero attached hydrogens (tertiary/aromatic N) is 1. The lowest BCUT2D eigenvalue weighted by Gasteiger charge is -2.21. The zero-order valence-corrected chi connectivity index (χ0v) is 9.24. The fourth-order valence-corrected chi connectivity index (χ4v) is 2.18. The van der Waals surface area contributed by atoms with Crippen LogP contribution < -0.4 is 5.73 Å². The van der Waals surface area contributed by atoms with E-state index in [2.05, 4.69) is 18.0 Å². The molecule has 1 unspecified atom stereocenters. The van der Waals surface area contributed by atoms with Crippen LogP contribution in [0.3, 0.4) is 0 Å². The second kappa shape index (κ2) is 4.58. The van der Waals surface area contributed by atoms with Crippen LogP contribution in [0.2, 0.25) is 0 Å². The van der Waals surface area contributed by atoms with Gasteiger partial charge < -0.3 is 5.73 Å². The minimum absolute atomic E-state index is 0.0771. The quantitative estimate of drug-likeness (QED) is 0.749. The van der Waals surface area contributed by atoms with Gasteiger partial charge in [-0.15, -0.1) is 0 Å². The molecule has 1 aliphatic carbocycles. The molecule has 1 aromatic rings. The van der Waals surface area contributed by atoms with Gasteiger partial charge in [0, 0.05) is 12.4 Å². The Morgan fingerprint density at radius 3 is 2.93 bits per heavy atom. The number of rotatable bonds is 2. The Balaban J connectivity index is 2.23. The first kappa shape index (κ1) is 10.4. The molecule has 1 heterocycles. The van der Waals surface area contributed by atoms with Crippen molar-refractivity contribution in [2.75, 3.05) is 0 Å². The lowest BCUT2D eigenvalue weighted by atomic mass is 9.89. The first-order valence-electron chi connectivity index (χ1n) is 5.64. The molecule has 1 aromatic heterocycles. The molecule has 1 aliphatic rings. The molecule has 2 heteroatoms. The van der Waals surface area contributed by atoms with E-state index in [1.54, 1.807) is 0 Å². The van der Waals surface area contributed by atoms with Gasteiger partial charge in [-0.25, -0.2) is 0 Å². The van der Waals surface area contributed by atoms with E-state index in [9.17, 15) is 0 Å². The van der Waals surface area contributed by atoms with Crippen LogP contribution >= 0.6 is 0 Å². The number of aromatic nitrogens is 1. The Hall–Kier alpha value is -1.15. The van der Waals surface area contributed by atoms with Gasteiger partial charge in [0.25, 0.3) is 0 Å². The minimum Gasteiger partial charge on any atom is -0.321 e. The fraction of sp³-hybridized carbons (Fsp3) is 0.462. The lowest BCUT2D eigenvalue weighted by molar-refractivity contribution is 0.646. The van der Waals surface area contributed by atoms with Gasteiger partial charge in [-0.1, -0.05) is 11.6 Å². The molecule has 0 aliphatic heterocycles. The third-order valence-electron chi connectivity index (χ3n) is 3.12. The largest absolute Gasteiger partial charge is 0.321 e. The second-order valence-corrected chi connectivity index (χ2v) is 4.23. The third-order valence-corrected chi connectivity index (χ3v) is 3.12. The molecule has 0 saturated carbocycles. The van der Waals surface area contributed by atoms with Crippen molar-refractivity contribution < 1.29 is 0 Å². The van der Waals surface area contributed by atoms with Crippen LogP contribution in [0.25, 0.3) is 0 Å². The molecule has 0 fully saturated rings. The Kier molecular flexibility index (Phi) is 3.17. The van der Waals surface area contributed by atoms with Gasteiger partial charge in [0.1, 0.15) is 0 Å². The normalized spacial score (nSPS) is 18.4. The maximum Gasteiger partial charge on any atom is 0.0514 e. The van der Waals surface area contributed by atoms with Crippen molar-refractivity contribution >= 4 is 0 Å². The standard InChI is InChI=1S/C13H18N2/c1-10-9-15-8-7-12(10)13(14)11-5-3-2-4-6-11/h5,7-9,13H,2-4,6,14H2,1H3. The second-order valence-electron chi connectivity index (χ2n) is 4.23. The first-order valence-corrected chi connectivity index (χ1v) is 5.64. The van der Waals surface area contributed by atoms with Gasteiger partial charge in [-0.05, 0) is 49.8 Å². The van der Waals surface area contributed by atoms with Crippen molar-refractivity contribution in [2.45, 2.75) is 38.6 Å². The zero-order chi connectivity index (χ0) is 10.7. The first-order chi connectivity index (χ1) is 7.29. The Bertz CT molecular complexity index is 369. The molecular weight excluding hydrogens is 184 g/mol. The SMILES string of the molecule is Cc1cnccc1C(N)C1=CCCCC1. The van der Waals surface area contributed by atoms with E-state index in [0.29, 0.717) is 0 Å². The highest BCUT2D eigenvalue weighted by atomic mass is 14.7. The predicted octanol–water partition coefficient (Wildman–Crippen LogP) is 2.89. The summed E-state index contributed by atoms with van der Waals surface area (Å²) in [6.45, 7) is 2.07. The molecule has 15 heavy (non-hydrogen) atoms. The van der Waals surface area contributed by atoms with Gasteiger partial charge in [-0.2, -0.15) is 0 Å². The van der Waals surface area contributed by atoms with E-state index < -0.39 is 0 Å². The van der Waals surface area contributed by atoms with E-state index in [1.165, 1.54) is 36.0 Å². The smallest absolute Gasteiger partial charge is 0.0514 e. The average molecular weight is 202 g/mol. The summed E-state index contributed by atoms with van der Waals surface area (Å²) in [4.78, 5) is 4.10. The van der Waals surface area contributed by atoms with Crippen LogP contribution in [0.5, 0.6) is 0 Å². The molecular formula is C13H18N2. The van der Waals surface area contributed by atoms with Crippen LogP contribution in [0.15, 0.2) is 30.1 Å². The number of pyridine rings is 1. The van der Waals surface area contributed by atoms with Crippen molar-refractivity contribution in [3.63, 3.8) is 0 Å². The minimum atomic E-state index is 0.0771. The van der Waals surface area contributed by atoms with Crippen molar-refractivity contribution in [3.05, 3.63) is 41.2 Å². The zero-order valence-electron chi connectivity index (χ0n) is 9.24. The van der Waals surface area contributed by atoms with Crippen molar-refractivity contribution in [1.82, 2.24) is 4.98 Å². The summed E-state index contributed by atoms with van der Waals surface area (Å²) >= 11 is 0.